The van der Waals surface area contributed by atoms with Gasteiger partial charge < -0.3 is 19.7 Å². The number of carbonyl (C=O) groups is 3. The summed E-state index contributed by atoms with van der Waals surface area (Å²) in [4.78, 5) is 47.6. The summed E-state index contributed by atoms with van der Waals surface area (Å²) in [5, 5.41) is 3.03. The molecule has 1 amide bonds. The first-order valence-electron chi connectivity index (χ1n) is 11.5. The second-order valence-corrected chi connectivity index (χ2v) is 7.93. The third kappa shape index (κ3) is 7.77. The van der Waals surface area contributed by atoms with Crippen molar-refractivity contribution >= 4 is 30.2 Å². The molecule has 180 valence electrons. The number of aldehydes is 1. The van der Waals surface area contributed by atoms with Gasteiger partial charge in [0.2, 0.25) is 11.9 Å². The maximum absolute atomic E-state index is 12.2. The largest absolute Gasteiger partial charge is 0.462 e. The van der Waals surface area contributed by atoms with Gasteiger partial charge in [-0.1, -0.05) is 42.5 Å². The van der Waals surface area contributed by atoms with Gasteiger partial charge in [0.25, 0.3) is 0 Å². The lowest BCUT2D eigenvalue weighted by Gasteiger charge is -2.36. The lowest BCUT2D eigenvalue weighted by molar-refractivity contribution is -0.123. The Morgan fingerprint density at radius 2 is 1.82 bits per heavy atom. The molecule has 34 heavy (non-hydrogen) atoms. The molecule has 1 aromatic carbocycles. The molecule has 0 saturated carbocycles. The summed E-state index contributed by atoms with van der Waals surface area (Å²) in [6.07, 6.45) is 8.14. The van der Waals surface area contributed by atoms with E-state index in [1.807, 2.05) is 42.5 Å². The molecule has 3 rings (SSSR count). The number of anilines is 1. The highest BCUT2D eigenvalue weighted by molar-refractivity contribution is 5.88. The van der Waals surface area contributed by atoms with Gasteiger partial charge in [0.15, 0.2) is 0 Å². The average molecular weight is 466 g/mol. The number of nitrogens with zero attached hydrogens (tertiary/aromatic N) is 4. The number of piperazine rings is 1. The van der Waals surface area contributed by atoms with Crippen LogP contribution in [0.25, 0.3) is 6.08 Å². The molecule has 1 fully saturated rings. The van der Waals surface area contributed by atoms with Gasteiger partial charge in [-0.25, -0.2) is 14.8 Å². The molecule has 1 aromatic heterocycles. The van der Waals surface area contributed by atoms with Crippen molar-refractivity contribution in [3.63, 3.8) is 0 Å². The summed E-state index contributed by atoms with van der Waals surface area (Å²) < 4.78 is 4.97. The van der Waals surface area contributed by atoms with E-state index in [4.69, 9.17) is 4.74 Å². The first-order chi connectivity index (χ1) is 16.6. The van der Waals surface area contributed by atoms with Crippen LogP contribution in [0.2, 0.25) is 0 Å². The van der Waals surface area contributed by atoms with Crippen LogP contribution in [0.15, 0.2) is 48.8 Å². The zero-order valence-corrected chi connectivity index (χ0v) is 19.4. The second-order valence-electron chi connectivity index (χ2n) is 7.93. The first-order valence-corrected chi connectivity index (χ1v) is 11.5. The summed E-state index contributed by atoms with van der Waals surface area (Å²) in [6, 6.07) is 9.74. The lowest BCUT2D eigenvalue weighted by atomic mass is 10.1. The number of rotatable bonds is 11. The topological polar surface area (TPSA) is 105 Å². The van der Waals surface area contributed by atoms with Crippen LogP contribution in [0.5, 0.6) is 0 Å². The molecule has 0 radical (unpaired) electrons. The smallest absolute Gasteiger partial charge is 0.341 e. The Bertz CT molecular complexity index is 957. The molecular weight excluding hydrogens is 434 g/mol. The summed E-state index contributed by atoms with van der Waals surface area (Å²) in [6.45, 7) is 5.74. The fourth-order valence-corrected chi connectivity index (χ4v) is 3.63. The van der Waals surface area contributed by atoms with E-state index in [2.05, 4.69) is 25.1 Å². The van der Waals surface area contributed by atoms with Gasteiger partial charge in [-0.05, 0) is 12.5 Å². The Hall–Kier alpha value is -3.59. The third-order valence-corrected chi connectivity index (χ3v) is 5.42. The predicted molar refractivity (Wildman–Crippen MR) is 129 cm³/mol. The van der Waals surface area contributed by atoms with Gasteiger partial charge in [0.05, 0.1) is 18.2 Å². The molecule has 0 spiro atoms. The predicted octanol–water partition coefficient (Wildman–Crippen LogP) is 1.95. The first kappa shape index (κ1) is 25.0. The minimum Gasteiger partial charge on any atom is -0.462 e. The summed E-state index contributed by atoms with van der Waals surface area (Å²) in [5.74, 6) is 0.0163. The van der Waals surface area contributed by atoms with Crippen LogP contribution in [0.3, 0.4) is 0 Å². The van der Waals surface area contributed by atoms with E-state index in [1.54, 1.807) is 6.92 Å². The van der Waals surface area contributed by atoms with Crippen molar-refractivity contribution in [2.24, 2.45) is 0 Å². The van der Waals surface area contributed by atoms with Gasteiger partial charge in [-0.15, -0.1) is 0 Å². The van der Waals surface area contributed by atoms with Crippen molar-refractivity contribution in [1.29, 1.82) is 0 Å². The zero-order valence-electron chi connectivity index (χ0n) is 19.4. The molecule has 0 aliphatic carbocycles. The minimum atomic E-state index is -0.427. The van der Waals surface area contributed by atoms with Crippen LogP contribution in [-0.2, 0) is 14.3 Å². The Kier molecular flexibility index (Phi) is 9.72. The molecule has 2 aromatic rings. The third-order valence-electron chi connectivity index (χ3n) is 5.42. The average Bonchev–Trinajstić information content (AvgIpc) is 2.87. The number of amides is 1. The zero-order chi connectivity index (χ0) is 24.2. The van der Waals surface area contributed by atoms with Crippen LogP contribution in [0, 0.1) is 0 Å². The highest BCUT2D eigenvalue weighted by atomic mass is 16.5. The number of nitrogens with one attached hydrogen (secondary N) is 1. The van der Waals surface area contributed by atoms with E-state index in [9.17, 15) is 14.4 Å². The molecule has 1 aliphatic heterocycles. The molecule has 9 nitrogen and oxygen atoms in total. The molecule has 1 saturated heterocycles. The van der Waals surface area contributed by atoms with E-state index in [-0.39, 0.29) is 24.8 Å². The van der Waals surface area contributed by atoms with Crippen LogP contribution >= 0.6 is 0 Å². The highest BCUT2D eigenvalue weighted by Gasteiger charge is 2.22. The van der Waals surface area contributed by atoms with E-state index in [0.29, 0.717) is 24.7 Å². The van der Waals surface area contributed by atoms with Crippen molar-refractivity contribution < 1.29 is 19.1 Å². The second kappa shape index (κ2) is 13.2. The summed E-state index contributed by atoms with van der Waals surface area (Å²) in [7, 11) is 0. The van der Waals surface area contributed by atoms with E-state index in [0.717, 1.165) is 38.0 Å². The van der Waals surface area contributed by atoms with Crippen LogP contribution in [0.4, 0.5) is 5.95 Å². The summed E-state index contributed by atoms with van der Waals surface area (Å²) in [5.41, 5.74) is 1.39. The van der Waals surface area contributed by atoms with Crippen LogP contribution in [0.1, 0.15) is 35.7 Å². The minimum absolute atomic E-state index is 0.136. The van der Waals surface area contributed by atoms with Crippen molar-refractivity contribution in [2.45, 2.75) is 25.8 Å². The quantitative estimate of drug-likeness (QED) is 0.397. The number of esters is 1. The number of hydrogen-bond donors (Lipinski definition) is 1. The number of ether oxygens (including phenoxy) is 1. The number of aromatic nitrogens is 2. The molecule has 1 N–H and O–H groups in total. The van der Waals surface area contributed by atoms with E-state index >= 15 is 0 Å². The van der Waals surface area contributed by atoms with E-state index in [1.165, 1.54) is 12.4 Å². The lowest BCUT2D eigenvalue weighted by Crippen LogP contribution is -2.51. The summed E-state index contributed by atoms with van der Waals surface area (Å²) >= 11 is 0. The highest BCUT2D eigenvalue weighted by Crippen LogP contribution is 2.12. The van der Waals surface area contributed by atoms with Crippen molar-refractivity contribution in [3.8, 4) is 0 Å². The molecule has 1 aliphatic rings. The maximum atomic E-state index is 12.2. The Morgan fingerprint density at radius 3 is 2.47 bits per heavy atom. The van der Waals surface area contributed by atoms with Gasteiger partial charge in [0.1, 0.15) is 6.29 Å². The van der Waals surface area contributed by atoms with Gasteiger partial charge in [-0.3, -0.25) is 9.69 Å². The van der Waals surface area contributed by atoms with Gasteiger partial charge >= 0.3 is 5.97 Å². The number of benzene rings is 1. The molecule has 0 bridgehead atoms. The molecule has 1 unspecified atom stereocenters. The fourth-order valence-electron chi connectivity index (χ4n) is 3.63. The molecule has 9 heteroatoms. The molecule has 2 heterocycles. The Morgan fingerprint density at radius 1 is 1.12 bits per heavy atom. The van der Waals surface area contributed by atoms with Gasteiger partial charge in [-0.2, -0.15) is 0 Å². The Balaban J connectivity index is 1.56. The van der Waals surface area contributed by atoms with E-state index < -0.39 is 5.97 Å². The van der Waals surface area contributed by atoms with Crippen molar-refractivity contribution in [1.82, 2.24) is 20.2 Å². The SMILES string of the molecule is CCOC(=O)c1cnc(N2CCN(CC(/C=C/c3ccccc3)NC(=O)CCC=O)CC2)nc1. The van der Waals surface area contributed by atoms with Crippen molar-refractivity contribution in [2.75, 3.05) is 44.2 Å². The molecular formula is C25H31N5O4. The normalized spacial score (nSPS) is 15.1. The maximum Gasteiger partial charge on any atom is 0.341 e. The molecule has 1 atom stereocenters. The van der Waals surface area contributed by atoms with Crippen LogP contribution in [-0.4, -0.2) is 78.4 Å². The monoisotopic (exact) mass is 465 g/mol. The van der Waals surface area contributed by atoms with Gasteiger partial charge in [0, 0.05) is 58.0 Å². The number of hydrogen-bond acceptors (Lipinski definition) is 8. The number of carbonyl (C=O) groups excluding carboxylic acids is 3. The van der Waals surface area contributed by atoms with Crippen LogP contribution < -0.4 is 10.2 Å². The van der Waals surface area contributed by atoms with Crippen molar-refractivity contribution in [3.05, 3.63) is 59.9 Å². The fraction of sp³-hybridized carbons (Fsp3) is 0.400. The standard InChI is InChI=1S/C25H31N5O4/c1-2-34-24(33)21-17-26-25(27-18-21)30-14-12-29(13-15-30)19-22(28-23(32)9-6-16-31)11-10-20-7-4-3-5-8-20/h3-5,7-8,10-11,16-18,22H,2,6,9,12-15,19H2,1H3,(H,28,32)/b11-10+. The Labute approximate surface area is 199 Å².